The van der Waals surface area contributed by atoms with Crippen molar-refractivity contribution in [1.29, 1.82) is 0 Å². The number of hydrazine groups is 1. The monoisotopic (exact) mass is 169 g/mol. The Kier molecular flexibility index (Phi) is 5.91. The van der Waals surface area contributed by atoms with E-state index in [0.717, 1.165) is 5.57 Å². The van der Waals surface area contributed by atoms with E-state index in [1.54, 1.807) is 7.05 Å². The summed E-state index contributed by atoms with van der Waals surface area (Å²) in [6.07, 6.45) is 0. The minimum Gasteiger partial charge on any atom is -0.312 e. The van der Waals surface area contributed by atoms with E-state index in [1.807, 2.05) is 13.8 Å². The number of hydrogen-bond acceptors (Lipinski definition) is 5. The van der Waals surface area contributed by atoms with Crippen LogP contribution in [0, 0.1) is 0 Å². The van der Waals surface area contributed by atoms with Crippen LogP contribution in [0.3, 0.4) is 0 Å². The molecule has 4 N–H and O–H groups in total. The van der Waals surface area contributed by atoms with Gasteiger partial charge in [-0.3, -0.25) is 0 Å². The molecule has 0 aliphatic rings. The predicted octanol–water partition coefficient (Wildman–Crippen LogP) is 0.0519. The van der Waals surface area contributed by atoms with Crippen molar-refractivity contribution in [1.82, 2.24) is 10.9 Å². The molecule has 0 saturated heterocycles. The maximum Gasteiger partial charge on any atom is 0.150 e. The zero-order valence-electron chi connectivity index (χ0n) is 7.68. The number of nitrogens with zero attached hydrogens (tertiary/aromatic N) is 2. The van der Waals surface area contributed by atoms with Crippen LogP contribution in [-0.2, 0) is 0 Å². The molecule has 0 fully saturated rings. The highest BCUT2D eigenvalue weighted by atomic mass is 15.4. The Balaban J connectivity index is 4.35. The molecule has 0 heterocycles. The Morgan fingerprint density at radius 3 is 2.58 bits per heavy atom. The molecule has 0 spiro atoms. The molecular formula is C7H15N5. The third kappa shape index (κ3) is 4.62. The molecule has 0 aromatic carbocycles. The first-order valence-electron chi connectivity index (χ1n) is 3.65. The van der Waals surface area contributed by atoms with Crippen molar-refractivity contribution in [3.05, 3.63) is 11.4 Å². The second-order valence-corrected chi connectivity index (χ2v) is 2.28. The summed E-state index contributed by atoms with van der Waals surface area (Å²) in [6.45, 7) is 4.08. The fourth-order valence-corrected chi connectivity index (χ4v) is 0.509. The van der Waals surface area contributed by atoms with E-state index < -0.39 is 0 Å². The van der Waals surface area contributed by atoms with Crippen molar-refractivity contribution in [2.24, 2.45) is 15.7 Å². The van der Waals surface area contributed by atoms with Gasteiger partial charge in [0.25, 0.3) is 0 Å². The Bertz CT molecular complexity index is 208. The minimum atomic E-state index is 0.207. The van der Waals surface area contributed by atoms with Gasteiger partial charge in [-0.2, -0.15) is 4.99 Å². The molecule has 5 heteroatoms. The summed E-state index contributed by atoms with van der Waals surface area (Å²) in [5.74, 6) is 0.703. The molecule has 0 saturated carbocycles. The second-order valence-electron chi connectivity index (χ2n) is 2.28. The van der Waals surface area contributed by atoms with Crippen LogP contribution in [0.4, 0.5) is 0 Å². The molecule has 0 radical (unpaired) electrons. The quantitative estimate of drug-likeness (QED) is 0.411. The summed E-state index contributed by atoms with van der Waals surface area (Å²) in [4.78, 5) is 7.55. The molecule has 68 valence electrons. The zero-order chi connectivity index (χ0) is 9.40. The van der Waals surface area contributed by atoms with Crippen molar-refractivity contribution < 1.29 is 0 Å². The van der Waals surface area contributed by atoms with E-state index in [9.17, 15) is 0 Å². The topological polar surface area (TPSA) is 74.8 Å². The lowest BCUT2D eigenvalue weighted by Gasteiger charge is -2.03. The fraction of sp³-hybridized carbons (Fsp3) is 0.571. The Labute approximate surface area is 72.4 Å². The van der Waals surface area contributed by atoms with Crippen molar-refractivity contribution in [2.75, 3.05) is 13.7 Å². The number of hydrogen-bond donors (Lipinski definition) is 3. The molecule has 0 unspecified atom stereocenters. The van der Waals surface area contributed by atoms with Crippen molar-refractivity contribution >= 4 is 6.01 Å². The standard InChI is InChI=1S/C7H15N5/c1-6(2)7(12-9-3)11-5-10-4-8/h9,12H,4,8H2,1-3H3. The molecule has 0 amide bonds. The summed E-state index contributed by atoms with van der Waals surface area (Å²) >= 11 is 0. The molecule has 0 aliphatic heterocycles. The van der Waals surface area contributed by atoms with Crippen LogP contribution >= 0.6 is 0 Å². The van der Waals surface area contributed by atoms with Gasteiger partial charge in [0.15, 0.2) is 0 Å². The average Bonchev–Trinajstić information content (AvgIpc) is 2.03. The summed E-state index contributed by atoms with van der Waals surface area (Å²) in [6, 6.07) is 2.47. The largest absolute Gasteiger partial charge is 0.312 e. The van der Waals surface area contributed by atoms with E-state index in [0.29, 0.717) is 5.82 Å². The molecule has 12 heavy (non-hydrogen) atoms. The average molecular weight is 169 g/mol. The normalized spacial score (nSPS) is 8.33. The number of rotatable bonds is 4. The molecule has 0 bridgehead atoms. The third-order valence-corrected chi connectivity index (χ3v) is 1.04. The summed E-state index contributed by atoms with van der Waals surface area (Å²) in [7, 11) is 1.76. The lowest BCUT2D eigenvalue weighted by molar-refractivity contribution is 0.675. The lowest BCUT2D eigenvalue weighted by atomic mass is 10.3. The predicted molar refractivity (Wildman–Crippen MR) is 49.5 cm³/mol. The van der Waals surface area contributed by atoms with Gasteiger partial charge in [0.1, 0.15) is 5.82 Å². The van der Waals surface area contributed by atoms with Gasteiger partial charge in [-0.25, -0.2) is 10.4 Å². The summed E-state index contributed by atoms with van der Waals surface area (Å²) < 4.78 is 0. The first-order valence-corrected chi connectivity index (χ1v) is 3.65. The first kappa shape index (κ1) is 10.8. The van der Waals surface area contributed by atoms with E-state index in [-0.39, 0.29) is 6.67 Å². The molecule has 0 aromatic heterocycles. The van der Waals surface area contributed by atoms with Crippen LogP contribution in [0.5, 0.6) is 0 Å². The lowest BCUT2D eigenvalue weighted by Crippen LogP contribution is -2.26. The highest BCUT2D eigenvalue weighted by molar-refractivity contribution is 5.44. The van der Waals surface area contributed by atoms with Gasteiger partial charge in [0.2, 0.25) is 0 Å². The summed E-state index contributed by atoms with van der Waals surface area (Å²) in [5.41, 5.74) is 11.8. The smallest absolute Gasteiger partial charge is 0.150 e. The third-order valence-electron chi connectivity index (χ3n) is 1.04. The number of allylic oxidation sites excluding steroid dienone is 1. The van der Waals surface area contributed by atoms with Gasteiger partial charge >= 0.3 is 0 Å². The zero-order valence-corrected chi connectivity index (χ0v) is 7.68. The van der Waals surface area contributed by atoms with Gasteiger partial charge < -0.3 is 11.2 Å². The van der Waals surface area contributed by atoms with E-state index in [4.69, 9.17) is 5.73 Å². The maximum absolute atomic E-state index is 5.12. The van der Waals surface area contributed by atoms with Crippen LogP contribution in [0.1, 0.15) is 13.8 Å². The van der Waals surface area contributed by atoms with Crippen LogP contribution in [0.15, 0.2) is 21.4 Å². The van der Waals surface area contributed by atoms with Gasteiger partial charge in [0, 0.05) is 7.05 Å². The SMILES string of the molecule is CNNC(N=C=NCN)=C(C)C. The second kappa shape index (κ2) is 6.54. The van der Waals surface area contributed by atoms with E-state index in [1.165, 1.54) is 0 Å². The molecule has 5 nitrogen and oxygen atoms in total. The molecule has 0 atom stereocenters. The van der Waals surface area contributed by atoms with E-state index in [2.05, 4.69) is 26.8 Å². The molecular weight excluding hydrogens is 154 g/mol. The fourth-order valence-electron chi connectivity index (χ4n) is 0.509. The Morgan fingerprint density at radius 2 is 2.17 bits per heavy atom. The van der Waals surface area contributed by atoms with Crippen LogP contribution < -0.4 is 16.6 Å². The Hall–Kier alpha value is -1.16. The van der Waals surface area contributed by atoms with Crippen LogP contribution in [-0.4, -0.2) is 19.7 Å². The number of aliphatic imine (C=N–C) groups is 2. The molecule has 0 aromatic rings. The van der Waals surface area contributed by atoms with Gasteiger partial charge in [-0.15, -0.1) is 0 Å². The number of nitrogens with two attached hydrogens (primary N) is 1. The maximum atomic E-state index is 5.12. The van der Waals surface area contributed by atoms with Crippen LogP contribution in [0.2, 0.25) is 0 Å². The molecule has 0 aliphatic carbocycles. The Morgan fingerprint density at radius 1 is 1.50 bits per heavy atom. The first-order chi connectivity index (χ1) is 5.72. The molecule has 0 rings (SSSR count). The van der Waals surface area contributed by atoms with Crippen molar-refractivity contribution in [2.45, 2.75) is 13.8 Å². The van der Waals surface area contributed by atoms with Gasteiger partial charge in [0.05, 0.1) is 12.7 Å². The van der Waals surface area contributed by atoms with Crippen molar-refractivity contribution in [3.8, 4) is 0 Å². The van der Waals surface area contributed by atoms with Gasteiger partial charge in [-0.05, 0) is 19.4 Å². The van der Waals surface area contributed by atoms with E-state index >= 15 is 0 Å². The highest BCUT2D eigenvalue weighted by Crippen LogP contribution is 1.97. The number of nitrogens with one attached hydrogen (secondary N) is 2. The highest BCUT2D eigenvalue weighted by Gasteiger charge is 1.91. The van der Waals surface area contributed by atoms with Crippen molar-refractivity contribution in [3.63, 3.8) is 0 Å². The minimum absolute atomic E-state index is 0.207. The van der Waals surface area contributed by atoms with Crippen LogP contribution in [0.25, 0.3) is 0 Å². The summed E-state index contributed by atoms with van der Waals surface area (Å²) in [5, 5.41) is 0. The van der Waals surface area contributed by atoms with Gasteiger partial charge in [-0.1, -0.05) is 0 Å².